The van der Waals surface area contributed by atoms with E-state index >= 15 is 0 Å². The van der Waals surface area contributed by atoms with E-state index in [9.17, 15) is 9.59 Å². The molecule has 2 aromatic rings. The number of carbonyl (C=O) groups is 2. The molecule has 0 bridgehead atoms. The Kier molecular flexibility index (Phi) is 5.69. The lowest BCUT2D eigenvalue weighted by atomic mass is 9.97. The average molecular weight is 397 g/mol. The second kappa shape index (κ2) is 8.37. The first-order valence-electron chi connectivity index (χ1n) is 9.85. The molecule has 6 heteroatoms. The van der Waals surface area contributed by atoms with Crippen LogP contribution in [0.1, 0.15) is 24.4 Å². The van der Waals surface area contributed by atoms with Crippen LogP contribution in [0.5, 0.6) is 0 Å². The van der Waals surface area contributed by atoms with Crippen molar-refractivity contribution in [3.8, 4) is 0 Å². The normalized spacial score (nSPS) is 24.4. The molecule has 5 nitrogen and oxygen atoms in total. The van der Waals surface area contributed by atoms with Gasteiger partial charge in [-0.25, -0.2) is 0 Å². The van der Waals surface area contributed by atoms with Crippen LogP contribution in [-0.4, -0.2) is 37.2 Å². The van der Waals surface area contributed by atoms with E-state index in [1.54, 1.807) is 11.8 Å². The highest BCUT2D eigenvalue weighted by Gasteiger charge is 2.35. The molecule has 0 saturated carbocycles. The molecular weight excluding hydrogens is 370 g/mol. The van der Waals surface area contributed by atoms with Crippen molar-refractivity contribution in [3.63, 3.8) is 0 Å². The second-order valence-corrected chi connectivity index (χ2v) is 8.65. The van der Waals surface area contributed by atoms with Crippen molar-refractivity contribution in [2.24, 2.45) is 11.7 Å². The Morgan fingerprint density at radius 2 is 1.86 bits per heavy atom. The predicted molar refractivity (Wildman–Crippen MR) is 111 cm³/mol. The van der Waals surface area contributed by atoms with E-state index in [4.69, 9.17) is 5.73 Å². The lowest BCUT2D eigenvalue weighted by Crippen LogP contribution is -3.15. The van der Waals surface area contributed by atoms with Crippen LogP contribution in [0, 0.1) is 5.92 Å². The van der Waals surface area contributed by atoms with E-state index in [-0.39, 0.29) is 23.8 Å². The molecule has 2 aliphatic rings. The summed E-state index contributed by atoms with van der Waals surface area (Å²) in [5.41, 5.74) is 7.65. The van der Waals surface area contributed by atoms with E-state index in [2.05, 4.69) is 18.2 Å². The summed E-state index contributed by atoms with van der Waals surface area (Å²) in [6.07, 6.45) is 1.77. The molecule has 146 valence electrons. The largest absolute Gasteiger partial charge is 0.369 e. The van der Waals surface area contributed by atoms with Gasteiger partial charge in [-0.05, 0) is 30.5 Å². The van der Waals surface area contributed by atoms with Crippen molar-refractivity contribution >= 4 is 29.3 Å². The monoisotopic (exact) mass is 396 g/mol. The summed E-state index contributed by atoms with van der Waals surface area (Å²) in [5.74, 6) is 0.588. The van der Waals surface area contributed by atoms with E-state index < -0.39 is 0 Å². The number of piperidine rings is 1. The summed E-state index contributed by atoms with van der Waals surface area (Å²) >= 11 is 1.80. The van der Waals surface area contributed by atoms with Crippen LogP contribution in [-0.2, 0) is 9.59 Å². The number of hydrogen-bond donors (Lipinski definition) is 2. The maximum absolute atomic E-state index is 13.5. The molecule has 2 heterocycles. The second-order valence-electron chi connectivity index (χ2n) is 7.59. The Labute approximate surface area is 169 Å². The van der Waals surface area contributed by atoms with Gasteiger partial charge in [-0.3, -0.25) is 14.5 Å². The molecule has 0 aliphatic carbocycles. The van der Waals surface area contributed by atoms with Crippen molar-refractivity contribution in [1.29, 1.82) is 0 Å². The number of hydrogen-bond acceptors (Lipinski definition) is 3. The zero-order valence-electron chi connectivity index (χ0n) is 15.8. The lowest BCUT2D eigenvalue weighted by Gasteiger charge is -2.38. The third-order valence-corrected chi connectivity index (χ3v) is 6.85. The first kappa shape index (κ1) is 19.0. The van der Waals surface area contributed by atoms with Crippen molar-refractivity contribution in [3.05, 3.63) is 60.2 Å². The zero-order valence-corrected chi connectivity index (χ0v) is 16.7. The number of rotatable bonds is 4. The van der Waals surface area contributed by atoms with Gasteiger partial charge in [-0.2, -0.15) is 0 Å². The van der Waals surface area contributed by atoms with Crippen LogP contribution < -0.4 is 15.5 Å². The van der Waals surface area contributed by atoms with Gasteiger partial charge in [-0.1, -0.05) is 42.5 Å². The third-order valence-electron chi connectivity index (χ3n) is 5.71. The lowest BCUT2D eigenvalue weighted by molar-refractivity contribution is -0.899. The van der Waals surface area contributed by atoms with Crippen LogP contribution >= 0.6 is 11.8 Å². The zero-order chi connectivity index (χ0) is 19.5. The Bertz CT molecular complexity index is 858. The van der Waals surface area contributed by atoms with Gasteiger partial charge >= 0.3 is 0 Å². The SMILES string of the molecule is NC(=O)[C@H]1CCC[NH+](CC(=O)N2c3ccccc3SC[C@@H]2c2ccccc2)C1. The third kappa shape index (κ3) is 3.93. The fourth-order valence-electron chi connectivity index (χ4n) is 4.27. The molecule has 4 rings (SSSR count). The van der Waals surface area contributed by atoms with Crippen molar-refractivity contribution in [1.82, 2.24) is 0 Å². The molecule has 1 unspecified atom stereocenters. The van der Waals surface area contributed by atoms with Crippen molar-refractivity contribution < 1.29 is 14.5 Å². The van der Waals surface area contributed by atoms with Gasteiger partial charge in [0, 0.05) is 10.6 Å². The van der Waals surface area contributed by atoms with Crippen LogP contribution in [0.2, 0.25) is 0 Å². The summed E-state index contributed by atoms with van der Waals surface area (Å²) in [5, 5.41) is 0. The fraction of sp³-hybridized carbons (Fsp3) is 0.364. The Morgan fingerprint density at radius 1 is 1.11 bits per heavy atom. The number of anilines is 1. The minimum Gasteiger partial charge on any atom is -0.369 e. The maximum Gasteiger partial charge on any atom is 0.282 e. The smallest absolute Gasteiger partial charge is 0.282 e. The van der Waals surface area contributed by atoms with Gasteiger partial charge in [-0.15, -0.1) is 11.8 Å². The number of benzene rings is 2. The van der Waals surface area contributed by atoms with E-state index in [0.717, 1.165) is 46.2 Å². The molecular formula is C22H26N3O2S+. The number of likely N-dealkylation sites (tertiary alicyclic amines) is 1. The molecule has 0 aromatic heterocycles. The Hall–Kier alpha value is -2.31. The molecule has 3 atom stereocenters. The number of para-hydroxylation sites is 1. The summed E-state index contributed by atoms with van der Waals surface area (Å²) < 4.78 is 0. The first-order valence-corrected chi connectivity index (χ1v) is 10.8. The molecule has 2 amide bonds. The van der Waals surface area contributed by atoms with Crippen molar-refractivity contribution in [2.75, 3.05) is 30.3 Å². The van der Waals surface area contributed by atoms with Gasteiger partial charge in [0.1, 0.15) is 0 Å². The van der Waals surface area contributed by atoms with E-state index in [0.29, 0.717) is 13.1 Å². The molecule has 3 N–H and O–H groups in total. The maximum atomic E-state index is 13.5. The van der Waals surface area contributed by atoms with Gasteiger partial charge < -0.3 is 10.6 Å². The van der Waals surface area contributed by atoms with Gasteiger partial charge in [0.05, 0.1) is 30.7 Å². The van der Waals surface area contributed by atoms with Crippen LogP contribution in [0.25, 0.3) is 0 Å². The van der Waals surface area contributed by atoms with Gasteiger partial charge in [0.2, 0.25) is 5.91 Å². The number of nitrogens with zero attached hydrogens (tertiary/aromatic N) is 1. The predicted octanol–water partition coefficient (Wildman–Crippen LogP) is 1.65. The van der Waals surface area contributed by atoms with Crippen LogP contribution in [0.3, 0.4) is 0 Å². The Morgan fingerprint density at radius 3 is 2.64 bits per heavy atom. The first-order chi connectivity index (χ1) is 13.6. The fourth-order valence-corrected chi connectivity index (χ4v) is 5.44. The number of nitrogens with one attached hydrogen (secondary N) is 1. The van der Waals surface area contributed by atoms with Gasteiger partial charge in [0.15, 0.2) is 6.54 Å². The number of fused-ring (bicyclic) bond motifs is 1. The standard InChI is InChI=1S/C22H25N3O2S/c23-22(27)17-9-6-12-24(13-17)14-21(26)25-18-10-4-5-11-20(18)28-15-19(25)16-7-2-1-3-8-16/h1-5,7-8,10-11,17,19H,6,9,12-15H2,(H2,23,27)/p+1/t17-,19+/m0/s1. The van der Waals surface area contributed by atoms with E-state index in [1.165, 1.54) is 0 Å². The number of nitrogens with two attached hydrogens (primary N) is 1. The quantitative estimate of drug-likeness (QED) is 0.826. The van der Waals surface area contributed by atoms with Crippen LogP contribution in [0.4, 0.5) is 5.69 Å². The van der Waals surface area contributed by atoms with E-state index in [1.807, 2.05) is 41.3 Å². The highest BCUT2D eigenvalue weighted by atomic mass is 32.2. The molecule has 0 radical (unpaired) electrons. The summed E-state index contributed by atoms with van der Waals surface area (Å²) in [7, 11) is 0. The number of thioether (sulfide) groups is 1. The molecule has 0 spiro atoms. The molecule has 28 heavy (non-hydrogen) atoms. The van der Waals surface area contributed by atoms with Crippen LogP contribution in [0.15, 0.2) is 59.5 Å². The number of quaternary nitrogens is 1. The number of primary amides is 1. The molecule has 1 saturated heterocycles. The minimum absolute atomic E-state index is 0.0183. The number of amides is 2. The summed E-state index contributed by atoms with van der Waals surface area (Å²) in [4.78, 5) is 29.3. The molecule has 2 aliphatic heterocycles. The topological polar surface area (TPSA) is 67.8 Å². The molecule has 2 aromatic carbocycles. The highest BCUT2D eigenvalue weighted by Crippen LogP contribution is 2.42. The Balaban J connectivity index is 1.60. The van der Waals surface area contributed by atoms with Gasteiger partial charge in [0.25, 0.3) is 5.91 Å². The number of carbonyl (C=O) groups excluding carboxylic acids is 2. The minimum atomic E-state index is -0.244. The highest BCUT2D eigenvalue weighted by molar-refractivity contribution is 7.99. The molecule has 1 fully saturated rings. The summed E-state index contributed by atoms with van der Waals surface area (Å²) in [6, 6.07) is 18.4. The average Bonchev–Trinajstić information content (AvgIpc) is 2.73. The summed E-state index contributed by atoms with van der Waals surface area (Å²) in [6.45, 7) is 1.96. The van der Waals surface area contributed by atoms with Crippen molar-refractivity contribution in [2.45, 2.75) is 23.8 Å².